The van der Waals surface area contributed by atoms with Gasteiger partial charge in [0.25, 0.3) is 5.88 Å². The molecule has 0 atom stereocenters. The minimum atomic E-state index is -0.272. The summed E-state index contributed by atoms with van der Waals surface area (Å²) in [5, 5.41) is 0. The molecule has 1 aromatic heterocycles. The number of nitrogens with two attached hydrogens (primary N) is 1. The Hall–Kier alpha value is -1.36. The average molecular weight is 225 g/mol. The quantitative estimate of drug-likeness (QED) is 0.767. The van der Waals surface area contributed by atoms with Crippen molar-refractivity contribution >= 4 is 0 Å². The van der Waals surface area contributed by atoms with Gasteiger partial charge in [-0.15, -0.1) is 0 Å². The van der Waals surface area contributed by atoms with Gasteiger partial charge in [0.05, 0.1) is 6.61 Å². The van der Waals surface area contributed by atoms with Crippen LogP contribution in [0.3, 0.4) is 0 Å². The van der Waals surface area contributed by atoms with Crippen molar-refractivity contribution in [2.24, 2.45) is 5.73 Å². The fourth-order valence-electron chi connectivity index (χ4n) is 1.27. The van der Waals surface area contributed by atoms with Crippen molar-refractivity contribution in [3.63, 3.8) is 0 Å². The van der Waals surface area contributed by atoms with Crippen LogP contribution in [0.15, 0.2) is 17.2 Å². The summed E-state index contributed by atoms with van der Waals surface area (Å²) >= 11 is 0. The third-order valence-electron chi connectivity index (χ3n) is 2.12. The van der Waals surface area contributed by atoms with Crippen molar-refractivity contribution in [2.75, 3.05) is 13.2 Å². The molecule has 2 N–H and O–H groups in total. The second-order valence-electron chi connectivity index (χ2n) is 4.57. The Morgan fingerprint density at radius 3 is 2.75 bits per heavy atom. The second kappa shape index (κ2) is 5.12. The van der Waals surface area contributed by atoms with Crippen LogP contribution in [0.4, 0.5) is 0 Å². The Balaban J connectivity index is 2.92. The van der Waals surface area contributed by atoms with Crippen LogP contribution < -0.4 is 16.0 Å². The summed E-state index contributed by atoms with van der Waals surface area (Å²) in [6.07, 6.45) is 3.95. The number of hydrogen-bond acceptors (Lipinski definition) is 4. The normalized spacial score (nSPS) is 11.5. The van der Waals surface area contributed by atoms with Crippen LogP contribution in [-0.4, -0.2) is 22.7 Å². The molecule has 0 aromatic carbocycles. The molecule has 0 saturated carbocycles. The third-order valence-corrected chi connectivity index (χ3v) is 2.12. The van der Waals surface area contributed by atoms with Gasteiger partial charge in [0.2, 0.25) is 0 Å². The van der Waals surface area contributed by atoms with Crippen LogP contribution in [0.2, 0.25) is 0 Å². The van der Waals surface area contributed by atoms with E-state index in [1.54, 1.807) is 17.0 Å². The van der Waals surface area contributed by atoms with Crippen molar-refractivity contribution in [1.82, 2.24) is 9.55 Å². The first kappa shape index (κ1) is 12.7. The standard InChI is InChI=1S/C11H19N3O2/c1-11(2,3)14-7-6-13-9(10(14)15)16-8-4-5-12/h6-7H,4-5,8,12H2,1-3H3. The Kier molecular flexibility index (Phi) is 4.06. The number of ether oxygens (including phenoxy) is 1. The summed E-state index contributed by atoms with van der Waals surface area (Å²) in [4.78, 5) is 15.9. The maximum absolute atomic E-state index is 12.0. The van der Waals surface area contributed by atoms with E-state index in [2.05, 4.69) is 4.98 Å². The van der Waals surface area contributed by atoms with Crippen LogP contribution >= 0.6 is 0 Å². The molecule has 0 fully saturated rings. The SMILES string of the molecule is CC(C)(C)n1ccnc(OCCCN)c1=O. The maximum atomic E-state index is 12.0. The van der Waals surface area contributed by atoms with Gasteiger partial charge in [0, 0.05) is 17.9 Å². The summed E-state index contributed by atoms with van der Waals surface area (Å²) in [7, 11) is 0. The summed E-state index contributed by atoms with van der Waals surface area (Å²) in [6, 6.07) is 0. The largest absolute Gasteiger partial charge is 0.474 e. The molecule has 0 aliphatic carbocycles. The van der Waals surface area contributed by atoms with E-state index in [0.29, 0.717) is 19.6 Å². The van der Waals surface area contributed by atoms with Crippen LogP contribution in [0.25, 0.3) is 0 Å². The van der Waals surface area contributed by atoms with Crippen molar-refractivity contribution in [3.05, 3.63) is 22.7 Å². The molecule has 1 rings (SSSR count). The van der Waals surface area contributed by atoms with Gasteiger partial charge in [-0.2, -0.15) is 0 Å². The first-order valence-corrected chi connectivity index (χ1v) is 5.38. The van der Waals surface area contributed by atoms with E-state index in [1.807, 2.05) is 20.8 Å². The second-order valence-corrected chi connectivity index (χ2v) is 4.57. The minimum absolute atomic E-state index is 0.144. The monoisotopic (exact) mass is 225 g/mol. The average Bonchev–Trinajstić information content (AvgIpc) is 2.19. The highest BCUT2D eigenvalue weighted by Crippen LogP contribution is 2.11. The van der Waals surface area contributed by atoms with Gasteiger partial charge in [-0.25, -0.2) is 4.98 Å². The van der Waals surface area contributed by atoms with Gasteiger partial charge in [-0.05, 0) is 33.7 Å². The summed E-state index contributed by atoms with van der Waals surface area (Å²) < 4.78 is 6.90. The zero-order valence-electron chi connectivity index (χ0n) is 10.1. The van der Waals surface area contributed by atoms with Crippen LogP contribution in [0.5, 0.6) is 5.88 Å². The number of aromatic nitrogens is 2. The lowest BCUT2D eigenvalue weighted by Gasteiger charge is -2.22. The number of nitrogens with zero attached hydrogens (tertiary/aromatic N) is 2. The molecule has 5 heteroatoms. The fourth-order valence-corrected chi connectivity index (χ4v) is 1.27. The summed E-state index contributed by atoms with van der Waals surface area (Å²) in [5.74, 6) is 0.144. The number of hydrogen-bond donors (Lipinski definition) is 1. The van der Waals surface area contributed by atoms with Gasteiger partial charge in [-0.3, -0.25) is 4.79 Å². The Morgan fingerprint density at radius 1 is 1.50 bits per heavy atom. The molecule has 0 aliphatic rings. The van der Waals surface area contributed by atoms with Crippen molar-refractivity contribution in [2.45, 2.75) is 32.7 Å². The molecule has 0 aliphatic heterocycles. The van der Waals surface area contributed by atoms with Gasteiger partial charge in [0.15, 0.2) is 0 Å². The van der Waals surface area contributed by atoms with E-state index >= 15 is 0 Å². The van der Waals surface area contributed by atoms with Crippen LogP contribution in [0, 0.1) is 0 Å². The van der Waals surface area contributed by atoms with Crippen LogP contribution in [-0.2, 0) is 5.54 Å². The smallest absolute Gasteiger partial charge is 0.313 e. The lowest BCUT2D eigenvalue weighted by Crippen LogP contribution is -2.34. The molecular formula is C11H19N3O2. The van der Waals surface area contributed by atoms with Gasteiger partial charge < -0.3 is 15.0 Å². The molecule has 1 aromatic rings. The topological polar surface area (TPSA) is 70.1 Å². The molecule has 90 valence electrons. The molecule has 0 spiro atoms. The first-order valence-electron chi connectivity index (χ1n) is 5.38. The molecule has 16 heavy (non-hydrogen) atoms. The van der Waals surface area contributed by atoms with E-state index < -0.39 is 0 Å². The van der Waals surface area contributed by atoms with Gasteiger partial charge in [-0.1, -0.05) is 0 Å². The van der Waals surface area contributed by atoms with E-state index in [4.69, 9.17) is 10.5 Å². The highest BCUT2D eigenvalue weighted by atomic mass is 16.5. The van der Waals surface area contributed by atoms with E-state index in [1.165, 1.54) is 0 Å². The lowest BCUT2D eigenvalue weighted by molar-refractivity contribution is 0.284. The third kappa shape index (κ3) is 3.06. The van der Waals surface area contributed by atoms with Crippen molar-refractivity contribution < 1.29 is 4.74 Å². The molecular weight excluding hydrogens is 206 g/mol. The maximum Gasteiger partial charge on any atom is 0.313 e. The number of rotatable bonds is 4. The van der Waals surface area contributed by atoms with E-state index in [-0.39, 0.29) is 17.0 Å². The molecule has 0 bridgehead atoms. The van der Waals surface area contributed by atoms with Gasteiger partial charge in [0.1, 0.15) is 0 Å². The van der Waals surface area contributed by atoms with Crippen molar-refractivity contribution in [3.8, 4) is 5.88 Å². The Morgan fingerprint density at radius 2 is 2.19 bits per heavy atom. The van der Waals surface area contributed by atoms with Gasteiger partial charge >= 0.3 is 5.56 Å². The van der Waals surface area contributed by atoms with E-state index in [0.717, 1.165) is 0 Å². The van der Waals surface area contributed by atoms with E-state index in [9.17, 15) is 4.79 Å². The summed E-state index contributed by atoms with van der Waals surface area (Å²) in [6.45, 7) is 6.83. The lowest BCUT2D eigenvalue weighted by atomic mass is 10.1. The first-order chi connectivity index (χ1) is 7.46. The Labute approximate surface area is 95.3 Å². The van der Waals surface area contributed by atoms with Crippen molar-refractivity contribution in [1.29, 1.82) is 0 Å². The highest BCUT2D eigenvalue weighted by Gasteiger charge is 2.17. The zero-order valence-corrected chi connectivity index (χ0v) is 10.1. The predicted molar refractivity (Wildman–Crippen MR) is 62.7 cm³/mol. The highest BCUT2D eigenvalue weighted by molar-refractivity contribution is 5.06. The van der Waals surface area contributed by atoms with Crippen LogP contribution in [0.1, 0.15) is 27.2 Å². The molecule has 0 saturated heterocycles. The minimum Gasteiger partial charge on any atom is -0.474 e. The molecule has 0 radical (unpaired) electrons. The molecule has 0 amide bonds. The zero-order chi connectivity index (χ0) is 12.2. The predicted octanol–water partition coefficient (Wildman–Crippen LogP) is 0.726. The summed E-state index contributed by atoms with van der Waals surface area (Å²) in [5.41, 5.74) is 4.87. The fraction of sp³-hybridized carbons (Fsp3) is 0.636. The molecule has 1 heterocycles. The Bertz CT molecular complexity index is 393. The molecule has 0 unspecified atom stereocenters. The molecule has 5 nitrogen and oxygen atoms in total.